The summed E-state index contributed by atoms with van der Waals surface area (Å²) >= 11 is 0. The molecule has 0 atom stereocenters. The van der Waals surface area contributed by atoms with Gasteiger partial charge in [-0.2, -0.15) is 8.78 Å². The zero-order chi connectivity index (χ0) is 15.8. The van der Waals surface area contributed by atoms with Gasteiger partial charge in [-0.05, 0) is 23.3 Å². The van der Waals surface area contributed by atoms with Crippen LogP contribution in [0.2, 0.25) is 0 Å². The van der Waals surface area contributed by atoms with Gasteiger partial charge in [0.25, 0.3) is 0 Å². The lowest BCUT2D eigenvalue weighted by Crippen LogP contribution is -2.04. The lowest BCUT2D eigenvalue weighted by Gasteiger charge is -2.06. The van der Waals surface area contributed by atoms with E-state index < -0.39 is 6.61 Å². The van der Waals surface area contributed by atoms with Gasteiger partial charge >= 0.3 is 6.61 Å². The van der Waals surface area contributed by atoms with Crippen molar-refractivity contribution in [3.05, 3.63) is 65.2 Å². The molecule has 0 bridgehead atoms. The Morgan fingerprint density at radius 2 is 1.73 bits per heavy atom. The van der Waals surface area contributed by atoms with Crippen LogP contribution in [0.15, 0.2) is 53.7 Å². The second kappa shape index (κ2) is 8.09. The van der Waals surface area contributed by atoms with Crippen LogP contribution in [0.25, 0.3) is 0 Å². The van der Waals surface area contributed by atoms with Crippen LogP contribution in [0.5, 0.6) is 5.75 Å². The van der Waals surface area contributed by atoms with Gasteiger partial charge in [-0.3, -0.25) is 0 Å². The quantitative estimate of drug-likeness (QED) is 0.630. The van der Waals surface area contributed by atoms with Crippen molar-refractivity contribution < 1.29 is 23.5 Å². The lowest BCUT2D eigenvalue weighted by atomic mass is 10.1. The Hall–Kier alpha value is -2.47. The molecule has 0 saturated carbocycles. The molecule has 0 fully saturated rings. The smallest absolute Gasteiger partial charge is 0.387 e. The minimum Gasteiger partial charge on any atom is -0.434 e. The Bertz CT molecular complexity index is 615. The van der Waals surface area contributed by atoms with Gasteiger partial charge in [-0.25, -0.2) is 0 Å². The third kappa shape index (κ3) is 4.82. The Balaban J connectivity index is 1.92. The number of nitrogens with zero attached hydrogens (tertiary/aromatic N) is 1. The molecule has 0 aliphatic carbocycles. The lowest BCUT2D eigenvalue weighted by molar-refractivity contribution is -0.0499. The molecule has 2 aromatic rings. The van der Waals surface area contributed by atoms with Gasteiger partial charge in [0.15, 0.2) is 0 Å². The highest BCUT2D eigenvalue weighted by Crippen LogP contribution is 2.18. The van der Waals surface area contributed by atoms with Gasteiger partial charge in [-0.15, -0.1) is 0 Å². The first kappa shape index (κ1) is 15.9. The first-order valence-electron chi connectivity index (χ1n) is 6.57. The largest absolute Gasteiger partial charge is 0.434 e. The maximum Gasteiger partial charge on any atom is 0.387 e. The molecule has 116 valence electrons. The monoisotopic (exact) mass is 307 g/mol. The van der Waals surface area contributed by atoms with Crippen molar-refractivity contribution in [2.45, 2.75) is 19.8 Å². The molecule has 0 spiro atoms. The maximum absolute atomic E-state index is 12.3. The Morgan fingerprint density at radius 1 is 1.05 bits per heavy atom. The Kier molecular flexibility index (Phi) is 5.85. The number of aliphatic hydroxyl groups is 1. The minimum atomic E-state index is -2.89. The van der Waals surface area contributed by atoms with Gasteiger partial charge in [0.2, 0.25) is 0 Å². The van der Waals surface area contributed by atoms with E-state index in [1.54, 1.807) is 30.3 Å². The first-order chi connectivity index (χ1) is 10.7. The molecular weight excluding hydrogens is 292 g/mol. The van der Waals surface area contributed by atoms with Gasteiger partial charge in [-0.1, -0.05) is 41.6 Å². The van der Waals surface area contributed by atoms with E-state index >= 15 is 0 Å². The number of rotatable bonds is 7. The molecule has 0 radical (unpaired) electrons. The predicted molar refractivity (Wildman–Crippen MR) is 77.8 cm³/mol. The van der Waals surface area contributed by atoms with Crippen molar-refractivity contribution in [1.29, 1.82) is 0 Å². The second-order valence-corrected chi connectivity index (χ2v) is 4.40. The van der Waals surface area contributed by atoms with Crippen molar-refractivity contribution in [2.75, 3.05) is 0 Å². The van der Waals surface area contributed by atoms with E-state index in [-0.39, 0.29) is 19.0 Å². The summed E-state index contributed by atoms with van der Waals surface area (Å²) in [4.78, 5) is 5.12. The normalized spacial score (nSPS) is 11.1. The number of ether oxygens (including phenoxy) is 1. The number of hydrogen-bond acceptors (Lipinski definition) is 4. The summed E-state index contributed by atoms with van der Waals surface area (Å²) < 4.78 is 28.9. The van der Waals surface area contributed by atoms with Crippen LogP contribution >= 0.6 is 0 Å². The number of aliphatic hydroxyl groups excluding tert-OH is 1. The zero-order valence-corrected chi connectivity index (χ0v) is 11.7. The highest BCUT2D eigenvalue weighted by molar-refractivity contribution is 5.83. The predicted octanol–water partition coefficient (Wildman–Crippen LogP) is 3.33. The van der Waals surface area contributed by atoms with Gasteiger partial charge in [0, 0.05) is 5.56 Å². The molecular formula is C16H15F2NO3. The molecule has 0 aliphatic heterocycles. The van der Waals surface area contributed by atoms with E-state index in [9.17, 15) is 8.78 Å². The number of benzene rings is 2. The van der Waals surface area contributed by atoms with Crippen LogP contribution in [0, 0.1) is 0 Å². The summed E-state index contributed by atoms with van der Waals surface area (Å²) in [6.07, 6.45) is 1.32. The van der Waals surface area contributed by atoms with Gasteiger partial charge in [0.1, 0.15) is 12.4 Å². The van der Waals surface area contributed by atoms with E-state index in [2.05, 4.69) is 9.89 Å². The van der Waals surface area contributed by atoms with Crippen LogP contribution in [-0.2, 0) is 18.1 Å². The molecule has 2 rings (SSSR count). The fourth-order valence-corrected chi connectivity index (χ4v) is 1.74. The van der Waals surface area contributed by atoms with Crippen LogP contribution in [0.1, 0.15) is 16.7 Å². The van der Waals surface area contributed by atoms with Crippen LogP contribution < -0.4 is 4.74 Å². The van der Waals surface area contributed by atoms with E-state index in [4.69, 9.17) is 9.94 Å². The average molecular weight is 307 g/mol. The van der Waals surface area contributed by atoms with E-state index in [1.165, 1.54) is 12.3 Å². The van der Waals surface area contributed by atoms with Gasteiger partial charge < -0.3 is 14.7 Å². The van der Waals surface area contributed by atoms with E-state index in [0.29, 0.717) is 5.56 Å². The number of para-hydroxylation sites is 1. The van der Waals surface area contributed by atoms with Crippen molar-refractivity contribution in [2.24, 2.45) is 5.16 Å². The molecule has 0 aromatic heterocycles. The summed E-state index contributed by atoms with van der Waals surface area (Å²) in [6.45, 7) is -2.67. The number of oxime groups is 1. The molecule has 2 aromatic carbocycles. The number of alkyl halides is 2. The van der Waals surface area contributed by atoms with Crippen molar-refractivity contribution in [3.8, 4) is 5.75 Å². The third-order valence-corrected chi connectivity index (χ3v) is 2.84. The Morgan fingerprint density at radius 3 is 2.41 bits per heavy atom. The summed E-state index contributed by atoms with van der Waals surface area (Å²) in [6, 6.07) is 13.5. The average Bonchev–Trinajstić information content (AvgIpc) is 2.53. The SMILES string of the molecule is OCc1ccc(CO/N=C/c2ccccc2OC(F)F)cc1. The molecule has 1 N–H and O–H groups in total. The topological polar surface area (TPSA) is 51.0 Å². The minimum absolute atomic E-state index is 0.0137. The summed E-state index contributed by atoms with van der Waals surface area (Å²) in [5, 5.41) is 12.7. The molecule has 6 heteroatoms. The van der Waals surface area contributed by atoms with Crippen LogP contribution in [0.4, 0.5) is 8.78 Å². The molecule has 0 saturated heterocycles. The highest BCUT2D eigenvalue weighted by atomic mass is 19.3. The first-order valence-corrected chi connectivity index (χ1v) is 6.57. The summed E-state index contributed by atoms with van der Waals surface area (Å²) in [5.41, 5.74) is 2.09. The molecule has 0 heterocycles. The second-order valence-electron chi connectivity index (χ2n) is 4.40. The zero-order valence-electron chi connectivity index (χ0n) is 11.7. The summed E-state index contributed by atoms with van der Waals surface area (Å²) in [5.74, 6) is 0.0390. The van der Waals surface area contributed by atoms with Crippen LogP contribution in [-0.4, -0.2) is 17.9 Å². The molecule has 0 amide bonds. The molecule has 22 heavy (non-hydrogen) atoms. The van der Waals surface area contributed by atoms with Crippen molar-refractivity contribution in [1.82, 2.24) is 0 Å². The van der Waals surface area contributed by atoms with Gasteiger partial charge in [0.05, 0.1) is 12.8 Å². The van der Waals surface area contributed by atoms with Crippen molar-refractivity contribution >= 4 is 6.21 Å². The fourth-order valence-electron chi connectivity index (χ4n) is 1.74. The third-order valence-electron chi connectivity index (χ3n) is 2.84. The van der Waals surface area contributed by atoms with E-state index in [1.807, 2.05) is 12.1 Å². The molecule has 0 unspecified atom stereocenters. The standard InChI is InChI=1S/C16H15F2NO3/c17-16(18)22-15-4-2-1-3-14(15)9-19-21-11-13-7-5-12(10-20)6-8-13/h1-9,16,20H,10-11H2/b19-9+. The fraction of sp³-hybridized carbons (Fsp3) is 0.188. The Labute approximate surface area is 126 Å². The highest BCUT2D eigenvalue weighted by Gasteiger charge is 2.07. The van der Waals surface area contributed by atoms with E-state index in [0.717, 1.165) is 11.1 Å². The molecule has 4 nitrogen and oxygen atoms in total. The maximum atomic E-state index is 12.3. The summed E-state index contributed by atoms with van der Waals surface area (Å²) in [7, 11) is 0. The number of halogens is 2. The molecule has 0 aliphatic rings. The van der Waals surface area contributed by atoms with Crippen LogP contribution in [0.3, 0.4) is 0 Å². The van der Waals surface area contributed by atoms with Crippen molar-refractivity contribution in [3.63, 3.8) is 0 Å². The number of hydrogen-bond donors (Lipinski definition) is 1.